The van der Waals surface area contributed by atoms with Gasteiger partial charge in [-0.25, -0.2) is 4.79 Å². The first-order chi connectivity index (χ1) is 14.2. The summed E-state index contributed by atoms with van der Waals surface area (Å²) in [5, 5.41) is 2.90. The Morgan fingerprint density at radius 2 is 1.72 bits per heavy atom. The van der Waals surface area contributed by atoms with E-state index in [9.17, 15) is 9.59 Å². The number of nitrogens with zero attached hydrogens (tertiary/aromatic N) is 1. The lowest BCUT2D eigenvalue weighted by Gasteiger charge is -2.13. The normalized spacial score (nSPS) is 13.1. The van der Waals surface area contributed by atoms with Gasteiger partial charge in [0, 0.05) is 17.8 Å². The maximum absolute atomic E-state index is 12.4. The summed E-state index contributed by atoms with van der Waals surface area (Å²) >= 11 is 0. The van der Waals surface area contributed by atoms with Gasteiger partial charge in [-0.3, -0.25) is 9.69 Å². The van der Waals surface area contributed by atoms with E-state index < -0.39 is 0 Å². The van der Waals surface area contributed by atoms with Gasteiger partial charge in [0.1, 0.15) is 18.1 Å². The molecule has 1 aliphatic rings. The summed E-state index contributed by atoms with van der Waals surface area (Å²) in [4.78, 5) is 25.6. The molecule has 0 radical (unpaired) electrons. The predicted molar refractivity (Wildman–Crippen MR) is 109 cm³/mol. The van der Waals surface area contributed by atoms with Gasteiger partial charge < -0.3 is 14.8 Å². The summed E-state index contributed by atoms with van der Waals surface area (Å²) in [5.74, 6) is 1.29. The third-order valence-electron chi connectivity index (χ3n) is 4.53. The zero-order valence-corrected chi connectivity index (χ0v) is 15.7. The average molecular weight is 388 g/mol. The largest absolute Gasteiger partial charge is 0.457 e. The summed E-state index contributed by atoms with van der Waals surface area (Å²) in [6, 6.07) is 24.0. The maximum Gasteiger partial charge on any atom is 0.414 e. The number of para-hydroxylation sites is 1. The number of anilines is 1. The number of ether oxygens (including phenoxy) is 2. The Bertz CT molecular complexity index is 1000. The van der Waals surface area contributed by atoms with E-state index in [4.69, 9.17) is 9.47 Å². The molecular formula is C23H20N2O4. The molecule has 6 heteroatoms. The van der Waals surface area contributed by atoms with Crippen LogP contribution < -0.4 is 15.0 Å². The van der Waals surface area contributed by atoms with Crippen LogP contribution in [0, 0.1) is 0 Å². The fourth-order valence-electron chi connectivity index (χ4n) is 3.05. The van der Waals surface area contributed by atoms with E-state index in [1.807, 2.05) is 54.6 Å². The van der Waals surface area contributed by atoms with Crippen LogP contribution in [0.15, 0.2) is 78.9 Å². The minimum Gasteiger partial charge on any atom is -0.457 e. The first kappa shape index (κ1) is 18.6. The number of rotatable bonds is 6. The van der Waals surface area contributed by atoms with Crippen LogP contribution in [0.1, 0.15) is 15.9 Å². The molecule has 0 unspecified atom stereocenters. The number of hydrogen-bond donors (Lipinski definition) is 1. The molecule has 3 aromatic rings. The van der Waals surface area contributed by atoms with E-state index in [1.165, 1.54) is 0 Å². The van der Waals surface area contributed by atoms with Crippen LogP contribution in [-0.4, -0.2) is 25.2 Å². The standard InChI is InChI=1S/C23H20N2O4/c26-22(18-9-11-19(12-10-18)25-13-14-28-23(25)27)24-16-17-5-4-8-21(15-17)29-20-6-2-1-3-7-20/h1-12,15H,13-14,16H2,(H,24,26). The molecule has 1 fully saturated rings. The molecule has 1 saturated heterocycles. The summed E-state index contributed by atoms with van der Waals surface area (Å²) in [7, 11) is 0. The molecule has 146 valence electrons. The van der Waals surface area contributed by atoms with Crippen LogP contribution in [0.25, 0.3) is 0 Å². The van der Waals surface area contributed by atoms with Gasteiger partial charge in [0.2, 0.25) is 0 Å². The number of hydrogen-bond acceptors (Lipinski definition) is 4. The highest BCUT2D eigenvalue weighted by atomic mass is 16.6. The van der Waals surface area contributed by atoms with Gasteiger partial charge in [-0.1, -0.05) is 30.3 Å². The highest BCUT2D eigenvalue weighted by Crippen LogP contribution is 2.22. The molecule has 1 N–H and O–H groups in total. The van der Waals surface area contributed by atoms with Crippen molar-refractivity contribution in [3.8, 4) is 11.5 Å². The smallest absolute Gasteiger partial charge is 0.414 e. The fourth-order valence-corrected chi connectivity index (χ4v) is 3.05. The molecule has 0 saturated carbocycles. The van der Waals surface area contributed by atoms with E-state index in [0.717, 1.165) is 17.0 Å². The van der Waals surface area contributed by atoms with E-state index in [2.05, 4.69) is 5.32 Å². The molecule has 1 heterocycles. The Hall–Kier alpha value is -3.80. The average Bonchev–Trinajstić information content (AvgIpc) is 3.19. The van der Waals surface area contributed by atoms with Crippen molar-refractivity contribution < 1.29 is 19.1 Å². The number of cyclic esters (lactones) is 1. The van der Waals surface area contributed by atoms with Crippen LogP contribution in [0.5, 0.6) is 11.5 Å². The minimum atomic E-state index is -0.361. The molecular weight excluding hydrogens is 368 g/mol. The lowest BCUT2D eigenvalue weighted by atomic mass is 10.1. The van der Waals surface area contributed by atoms with Crippen molar-refractivity contribution in [1.82, 2.24) is 5.32 Å². The summed E-state index contributed by atoms with van der Waals surface area (Å²) in [5.41, 5.74) is 2.18. The second-order valence-electron chi connectivity index (χ2n) is 6.56. The fraction of sp³-hybridized carbons (Fsp3) is 0.130. The highest BCUT2D eigenvalue weighted by Gasteiger charge is 2.23. The molecule has 0 atom stereocenters. The molecule has 2 amide bonds. The predicted octanol–water partition coefficient (Wildman–Crippen LogP) is 4.37. The second-order valence-corrected chi connectivity index (χ2v) is 6.56. The number of nitrogens with one attached hydrogen (secondary N) is 1. The molecule has 0 bridgehead atoms. The number of carbonyl (C=O) groups is 2. The molecule has 0 aliphatic carbocycles. The van der Waals surface area contributed by atoms with Gasteiger partial charge in [-0.05, 0) is 54.1 Å². The Balaban J connectivity index is 1.36. The van der Waals surface area contributed by atoms with Crippen LogP contribution in [0.2, 0.25) is 0 Å². The molecule has 1 aliphatic heterocycles. The molecule has 6 nitrogen and oxygen atoms in total. The first-order valence-corrected chi connectivity index (χ1v) is 9.33. The monoisotopic (exact) mass is 388 g/mol. The SMILES string of the molecule is O=C(NCc1cccc(Oc2ccccc2)c1)c1ccc(N2CCOC2=O)cc1. The van der Waals surface area contributed by atoms with E-state index in [0.29, 0.717) is 31.0 Å². The quantitative estimate of drug-likeness (QED) is 0.681. The Labute approximate surface area is 168 Å². The van der Waals surface area contributed by atoms with E-state index >= 15 is 0 Å². The summed E-state index contributed by atoms with van der Waals surface area (Å²) in [6.07, 6.45) is -0.361. The lowest BCUT2D eigenvalue weighted by molar-refractivity contribution is 0.0951. The number of carbonyl (C=O) groups excluding carboxylic acids is 2. The number of amides is 2. The molecule has 4 rings (SSSR count). The topological polar surface area (TPSA) is 67.9 Å². The van der Waals surface area contributed by atoms with Crippen LogP contribution >= 0.6 is 0 Å². The van der Waals surface area contributed by atoms with Crippen LogP contribution in [0.4, 0.5) is 10.5 Å². The Kier molecular flexibility index (Phi) is 5.42. The molecule has 0 aromatic heterocycles. The van der Waals surface area contributed by atoms with Crippen molar-refractivity contribution in [2.24, 2.45) is 0 Å². The summed E-state index contributed by atoms with van der Waals surface area (Å²) < 4.78 is 10.8. The Morgan fingerprint density at radius 3 is 2.45 bits per heavy atom. The lowest BCUT2D eigenvalue weighted by Crippen LogP contribution is -2.24. The zero-order chi connectivity index (χ0) is 20.1. The van der Waals surface area contributed by atoms with Gasteiger partial charge >= 0.3 is 6.09 Å². The molecule has 3 aromatic carbocycles. The van der Waals surface area contributed by atoms with Gasteiger partial charge in [0.05, 0.1) is 6.54 Å². The number of benzene rings is 3. The maximum atomic E-state index is 12.4. The zero-order valence-electron chi connectivity index (χ0n) is 15.7. The van der Waals surface area contributed by atoms with E-state index in [-0.39, 0.29) is 12.0 Å². The second kappa shape index (κ2) is 8.48. The third-order valence-corrected chi connectivity index (χ3v) is 4.53. The van der Waals surface area contributed by atoms with Crippen molar-refractivity contribution in [2.75, 3.05) is 18.1 Å². The highest BCUT2D eigenvalue weighted by molar-refractivity contribution is 5.95. The molecule has 0 spiro atoms. The van der Waals surface area contributed by atoms with Gasteiger partial charge in [0.25, 0.3) is 5.91 Å². The third kappa shape index (κ3) is 4.55. The van der Waals surface area contributed by atoms with Crippen LogP contribution in [0.3, 0.4) is 0 Å². The van der Waals surface area contributed by atoms with Crippen molar-refractivity contribution in [3.63, 3.8) is 0 Å². The van der Waals surface area contributed by atoms with Gasteiger partial charge in [-0.15, -0.1) is 0 Å². The van der Waals surface area contributed by atoms with Crippen molar-refractivity contribution in [3.05, 3.63) is 90.0 Å². The molecule has 29 heavy (non-hydrogen) atoms. The van der Waals surface area contributed by atoms with Crippen molar-refractivity contribution >= 4 is 17.7 Å². The Morgan fingerprint density at radius 1 is 0.966 bits per heavy atom. The summed E-state index contributed by atoms with van der Waals surface area (Å²) in [6.45, 7) is 1.28. The van der Waals surface area contributed by atoms with Gasteiger partial charge in [0.15, 0.2) is 0 Å². The minimum absolute atomic E-state index is 0.185. The first-order valence-electron chi connectivity index (χ1n) is 9.33. The van der Waals surface area contributed by atoms with Crippen LogP contribution in [-0.2, 0) is 11.3 Å². The van der Waals surface area contributed by atoms with E-state index in [1.54, 1.807) is 29.2 Å². The van der Waals surface area contributed by atoms with Crippen molar-refractivity contribution in [2.45, 2.75) is 6.54 Å². The van der Waals surface area contributed by atoms with Crippen molar-refractivity contribution in [1.29, 1.82) is 0 Å². The van der Waals surface area contributed by atoms with Gasteiger partial charge in [-0.2, -0.15) is 0 Å².